The van der Waals surface area contributed by atoms with Crippen molar-refractivity contribution in [3.8, 4) is 10.6 Å². The summed E-state index contributed by atoms with van der Waals surface area (Å²) in [7, 11) is 0. The fraction of sp³-hybridized carbons (Fsp3) is 0.200. The number of hydrogen-bond acceptors (Lipinski definition) is 3. The van der Waals surface area contributed by atoms with Crippen molar-refractivity contribution in [2.45, 2.75) is 13.8 Å². The Morgan fingerprint density at radius 3 is 2.69 bits per heavy atom. The monoisotopic (exact) mass is 190 g/mol. The van der Waals surface area contributed by atoms with Gasteiger partial charge in [-0.2, -0.15) is 0 Å². The van der Waals surface area contributed by atoms with Gasteiger partial charge in [-0.25, -0.2) is 4.98 Å². The maximum atomic E-state index is 4.46. The maximum absolute atomic E-state index is 4.46. The largest absolute Gasteiger partial charge is 0.257 e. The van der Waals surface area contributed by atoms with Gasteiger partial charge in [0.05, 0.1) is 28.2 Å². The van der Waals surface area contributed by atoms with Crippen molar-refractivity contribution in [3.63, 3.8) is 0 Å². The molecular formula is C10H10N2S. The third kappa shape index (κ3) is 1.60. The summed E-state index contributed by atoms with van der Waals surface area (Å²) in [5.74, 6) is 0. The Labute approximate surface area is 81.3 Å². The second kappa shape index (κ2) is 3.26. The predicted octanol–water partition coefficient (Wildman–Crippen LogP) is 2.82. The molecule has 0 spiro atoms. The van der Waals surface area contributed by atoms with Gasteiger partial charge < -0.3 is 0 Å². The molecule has 0 aliphatic heterocycles. The number of aryl methyl sites for hydroxylation is 2. The second-order valence-corrected chi connectivity index (χ2v) is 3.85. The van der Waals surface area contributed by atoms with E-state index in [1.807, 2.05) is 31.5 Å². The van der Waals surface area contributed by atoms with Crippen LogP contribution >= 0.6 is 11.3 Å². The van der Waals surface area contributed by atoms with E-state index in [-0.39, 0.29) is 0 Å². The topological polar surface area (TPSA) is 25.8 Å². The summed E-state index contributed by atoms with van der Waals surface area (Å²) in [6.45, 7) is 3.96. The minimum absolute atomic E-state index is 0.970. The Bertz CT molecular complexity index is 407. The molecule has 2 rings (SSSR count). The molecule has 2 heterocycles. The van der Waals surface area contributed by atoms with E-state index in [2.05, 4.69) is 16.0 Å². The van der Waals surface area contributed by atoms with Gasteiger partial charge in [-0.15, -0.1) is 11.3 Å². The van der Waals surface area contributed by atoms with Crippen LogP contribution in [0.4, 0.5) is 0 Å². The van der Waals surface area contributed by atoms with Gasteiger partial charge in [-0.3, -0.25) is 4.98 Å². The molecule has 0 atom stereocenters. The van der Waals surface area contributed by atoms with Crippen molar-refractivity contribution in [2.24, 2.45) is 0 Å². The van der Waals surface area contributed by atoms with Crippen LogP contribution in [0, 0.1) is 13.8 Å². The van der Waals surface area contributed by atoms with Crippen molar-refractivity contribution in [1.29, 1.82) is 0 Å². The average molecular weight is 190 g/mol. The maximum Gasteiger partial charge on any atom is 0.0988 e. The molecule has 0 N–H and O–H groups in total. The highest BCUT2D eigenvalue weighted by Crippen LogP contribution is 2.22. The van der Waals surface area contributed by atoms with E-state index in [0.29, 0.717) is 0 Å². The Hall–Kier alpha value is -1.22. The zero-order valence-corrected chi connectivity index (χ0v) is 8.43. The lowest BCUT2D eigenvalue weighted by Gasteiger charge is -2.00. The quantitative estimate of drug-likeness (QED) is 0.691. The first-order valence-corrected chi connectivity index (χ1v) is 4.99. The molecule has 0 amide bonds. The number of hydrogen-bond donors (Lipinski definition) is 0. The molecule has 2 aromatic rings. The Morgan fingerprint density at radius 1 is 1.23 bits per heavy atom. The van der Waals surface area contributed by atoms with E-state index in [0.717, 1.165) is 17.1 Å². The molecule has 0 aliphatic carbocycles. The van der Waals surface area contributed by atoms with Crippen LogP contribution in [0.25, 0.3) is 10.6 Å². The third-order valence-electron chi connectivity index (χ3n) is 1.97. The second-order valence-electron chi connectivity index (χ2n) is 2.90. The van der Waals surface area contributed by atoms with Crippen LogP contribution in [-0.2, 0) is 0 Å². The molecule has 0 aliphatic rings. The lowest BCUT2D eigenvalue weighted by atomic mass is 10.3. The molecule has 0 saturated heterocycles. The van der Waals surface area contributed by atoms with E-state index >= 15 is 0 Å². The molecule has 0 bridgehead atoms. The Balaban J connectivity index is 2.49. The van der Waals surface area contributed by atoms with E-state index in [4.69, 9.17) is 0 Å². The van der Waals surface area contributed by atoms with E-state index < -0.39 is 0 Å². The number of aromatic nitrogens is 2. The molecular weight excluding hydrogens is 180 g/mol. The zero-order valence-electron chi connectivity index (χ0n) is 7.61. The highest BCUT2D eigenvalue weighted by atomic mass is 32.1. The van der Waals surface area contributed by atoms with Gasteiger partial charge in [0.2, 0.25) is 0 Å². The molecule has 66 valence electrons. The molecule has 0 radical (unpaired) electrons. The first-order chi connectivity index (χ1) is 6.27. The van der Waals surface area contributed by atoms with Crippen LogP contribution in [0.5, 0.6) is 0 Å². The van der Waals surface area contributed by atoms with E-state index in [9.17, 15) is 0 Å². The summed E-state index contributed by atoms with van der Waals surface area (Å²) in [6.07, 6.45) is 1.83. The molecule has 0 aromatic carbocycles. The lowest BCUT2D eigenvalue weighted by molar-refractivity contribution is 1.05. The van der Waals surface area contributed by atoms with Gasteiger partial charge in [-0.1, -0.05) is 6.07 Å². The summed E-state index contributed by atoms with van der Waals surface area (Å²) in [6, 6.07) is 4.08. The normalized spacial score (nSPS) is 10.3. The minimum Gasteiger partial charge on any atom is -0.257 e. The van der Waals surface area contributed by atoms with Gasteiger partial charge in [0.1, 0.15) is 0 Å². The first-order valence-electron chi connectivity index (χ1n) is 4.11. The highest BCUT2D eigenvalue weighted by molar-refractivity contribution is 7.13. The van der Waals surface area contributed by atoms with Gasteiger partial charge in [0.25, 0.3) is 0 Å². The fourth-order valence-electron chi connectivity index (χ4n) is 1.08. The van der Waals surface area contributed by atoms with Gasteiger partial charge in [-0.05, 0) is 25.3 Å². The highest BCUT2D eigenvalue weighted by Gasteiger charge is 2.02. The minimum atomic E-state index is 0.970. The third-order valence-corrected chi connectivity index (χ3v) is 2.86. The molecule has 13 heavy (non-hydrogen) atoms. The Kier molecular flexibility index (Phi) is 2.10. The zero-order chi connectivity index (χ0) is 9.26. The molecule has 0 unspecified atom stereocenters. The van der Waals surface area contributed by atoms with Crippen LogP contribution < -0.4 is 0 Å². The van der Waals surface area contributed by atoms with Crippen molar-refractivity contribution in [2.75, 3.05) is 0 Å². The molecule has 3 heteroatoms. The van der Waals surface area contributed by atoms with Crippen molar-refractivity contribution >= 4 is 11.3 Å². The summed E-state index contributed by atoms with van der Waals surface area (Å²) in [5.41, 5.74) is 2.98. The van der Waals surface area contributed by atoms with Crippen LogP contribution in [0.1, 0.15) is 11.4 Å². The molecule has 0 saturated carbocycles. The van der Waals surface area contributed by atoms with E-state index in [1.54, 1.807) is 11.3 Å². The summed E-state index contributed by atoms with van der Waals surface area (Å²) in [5, 5.41) is 2.05. The summed E-state index contributed by atoms with van der Waals surface area (Å²) >= 11 is 1.69. The van der Waals surface area contributed by atoms with E-state index in [1.165, 1.54) is 4.88 Å². The first kappa shape index (κ1) is 8.38. The van der Waals surface area contributed by atoms with Gasteiger partial charge in [0.15, 0.2) is 0 Å². The van der Waals surface area contributed by atoms with Gasteiger partial charge in [0, 0.05) is 0 Å². The van der Waals surface area contributed by atoms with Crippen molar-refractivity contribution in [1.82, 2.24) is 9.97 Å². The smallest absolute Gasteiger partial charge is 0.0988 e. The average Bonchev–Trinajstić information content (AvgIpc) is 2.62. The van der Waals surface area contributed by atoms with Gasteiger partial charge >= 0.3 is 0 Å². The standard InChI is InChI=1S/C10H10N2S/c1-7-8(2)12-9(6-11-7)10-4-3-5-13-10/h3-6H,1-2H3. The summed E-state index contributed by atoms with van der Waals surface area (Å²) < 4.78 is 0. The number of thiophene rings is 1. The van der Waals surface area contributed by atoms with Crippen LogP contribution in [0.3, 0.4) is 0 Å². The van der Waals surface area contributed by atoms with Crippen molar-refractivity contribution < 1.29 is 0 Å². The molecule has 0 fully saturated rings. The lowest BCUT2D eigenvalue weighted by Crippen LogP contribution is -1.92. The molecule has 2 nitrogen and oxygen atoms in total. The van der Waals surface area contributed by atoms with Crippen LogP contribution in [-0.4, -0.2) is 9.97 Å². The predicted molar refractivity (Wildman–Crippen MR) is 54.8 cm³/mol. The fourth-order valence-corrected chi connectivity index (χ4v) is 1.76. The number of rotatable bonds is 1. The number of nitrogens with zero attached hydrogens (tertiary/aromatic N) is 2. The van der Waals surface area contributed by atoms with Crippen LogP contribution in [0.2, 0.25) is 0 Å². The molecule has 2 aromatic heterocycles. The Morgan fingerprint density at radius 2 is 2.08 bits per heavy atom. The summed E-state index contributed by atoms with van der Waals surface area (Å²) in [4.78, 5) is 9.92. The SMILES string of the molecule is Cc1ncc(-c2cccs2)nc1C. The van der Waals surface area contributed by atoms with Crippen molar-refractivity contribution in [3.05, 3.63) is 35.1 Å². The van der Waals surface area contributed by atoms with Crippen LogP contribution in [0.15, 0.2) is 23.7 Å².